The van der Waals surface area contributed by atoms with Gasteiger partial charge in [0, 0.05) is 12.8 Å². The van der Waals surface area contributed by atoms with E-state index in [1.54, 1.807) is 0 Å². The molecular formula is C10H15N. The van der Waals surface area contributed by atoms with Gasteiger partial charge in [-0.3, -0.25) is 0 Å². The summed E-state index contributed by atoms with van der Waals surface area (Å²) in [5.41, 5.74) is 5.65. The number of hydrogen-bond acceptors (Lipinski definition) is 1. The molecular weight excluding hydrogens is 134 g/mol. The van der Waals surface area contributed by atoms with E-state index in [2.05, 4.69) is 11.8 Å². The largest absolute Gasteiger partial charge is 0.330 e. The van der Waals surface area contributed by atoms with E-state index in [-0.39, 0.29) is 0 Å². The SMILES string of the molecule is NC[C@H]1[C@H]2CCC#CCC[C@@H]12. The summed E-state index contributed by atoms with van der Waals surface area (Å²) in [6, 6.07) is 0. The van der Waals surface area contributed by atoms with Gasteiger partial charge in [-0.25, -0.2) is 0 Å². The second-order valence-electron chi connectivity index (χ2n) is 3.66. The van der Waals surface area contributed by atoms with Crippen LogP contribution in [0.1, 0.15) is 25.7 Å². The molecule has 0 spiro atoms. The molecule has 1 heteroatoms. The molecule has 3 atom stereocenters. The summed E-state index contributed by atoms with van der Waals surface area (Å²) in [6.45, 7) is 0.898. The molecule has 0 aromatic rings. The Hall–Kier alpha value is -0.480. The van der Waals surface area contributed by atoms with E-state index in [1.807, 2.05) is 0 Å². The van der Waals surface area contributed by atoms with Crippen molar-refractivity contribution in [1.82, 2.24) is 0 Å². The van der Waals surface area contributed by atoms with Gasteiger partial charge in [0.25, 0.3) is 0 Å². The maximum absolute atomic E-state index is 5.65. The van der Waals surface area contributed by atoms with Crippen LogP contribution in [-0.2, 0) is 0 Å². The molecule has 0 amide bonds. The molecule has 2 aliphatic carbocycles. The first-order valence-electron chi connectivity index (χ1n) is 4.59. The van der Waals surface area contributed by atoms with Crippen molar-refractivity contribution in [2.24, 2.45) is 23.5 Å². The van der Waals surface area contributed by atoms with Gasteiger partial charge in [-0.1, -0.05) is 0 Å². The Morgan fingerprint density at radius 1 is 1.09 bits per heavy atom. The predicted molar refractivity (Wildman–Crippen MR) is 45.8 cm³/mol. The quantitative estimate of drug-likeness (QED) is 0.560. The first-order chi connectivity index (χ1) is 5.43. The summed E-state index contributed by atoms with van der Waals surface area (Å²) >= 11 is 0. The molecule has 1 nitrogen and oxygen atoms in total. The average Bonchev–Trinajstić information content (AvgIpc) is 2.60. The third-order valence-electron chi connectivity index (χ3n) is 3.11. The monoisotopic (exact) mass is 149 g/mol. The van der Waals surface area contributed by atoms with Crippen LogP contribution in [0.3, 0.4) is 0 Å². The summed E-state index contributed by atoms with van der Waals surface area (Å²) in [4.78, 5) is 0. The highest BCUT2D eigenvalue weighted by atomic mass is 14.7. The fourth-order valence-corrected chi connectivity index (χ4v) is 2.38. The molecule has 0 radical (unpaired) electrons. The third-order valence-corrected chi connectivity index (χ3v) is 3.11. The van der Waals surface area contributed by atoms with E-state index >= 15 is 0 Å². The van der Waals surface area contributed by atoms with E-state index < -0.39 is 0 Å². The van der Waals surface area contributed by atoms with E-state index in [9.17, 15) is 0 Å². The molecule has 2 aliphatic rings. The molecule has 0 aromatic heterocycles. The lowest BCUT2D eigenvalue weighted by Gasteiger charge is -1.96. The molecule has 2 N–H and O–H groups in total. The van der Waals surface area contributed by atoms with Gasteiger partial charge >= 0.3 is 0 Å². The van der Waals surface area contributed by atoms with Gasteiger partial charge in [0.15, 0.2) is 0 Å². The highest BCUT2D eigenvalue weighted by molar-refractivity contribution is 5.07. The van der Waals surface area contributed by atoms with Crippen LogP contribution in [0.25, 0.3) is 0 Å². The van der Waals surface area contributed by atoms with Crippen LogP contribution >= 0.6 is 0 Å². The standard InChI is InChI=1S/C10H15N/c11-7-10-8-5-3-1-2-4-6-9(8)10/h8-10H,3-7,11H2/t8-,9+,10-. The smallest absolute Gasteiger partial charge is 0.00915 e. The number of rotatable bonds is 1. The Morgan fingerprint density at radius 2 is 1.64 bits per heavy atom. The van der Waals surface area contributed by atoms with Crippen LogP contribution < -0.4 is 5.73 Å². The number of nitrogens with two attached hydrogens (primary N) is 1. The molecule has 0 bridgehead atoms. The van der Waals surface area contributed by atoms with Gasteiger partial charge in [0.05, 0.1) is 0 Å². The molecule has 11 heavy (non-hydrogen) atoms. The second kappa shape index (κ2) is 2.87. The summed E-state index contributed by atoms with van der Waals surface area (Å²) in [5.74, 6) is 9.12. The minimum absolute atomic E-state index is 0.844. The molecule has 2 rings (SSSR count). The van der Waals surface area contributed by atoms with Crippen molar-refractivity contribution in [3.63, 3.8) is 0 Å². The zero-order chi connectivity index (χ0) is 7.68. The topological polar surface area (TPSA) is 26.0 Å². The van der Waals surface area contributed by atoms with Gasteiger partial charge in [0.2, 0.25) is 0 Å². The van der Waals surface area contributed by atoms with Crippen molar-refractivity contribution >= 4 is 0 Å². The normalized spacial score (nSPS) is 41.0. The van der Waals surface area contributed by atoms with Gasteiger partial charge in [-0.05, 0) is 37.1 Å². The van der Waals surface area contributed by atoms with Crippen molar-refractivity contribution in [2.75, 3.05) is 6.54 Å². The van der Waals surface area contributed by atoms with Gasteiger partial charge in [-0.15, -0.1) is 11.8 Å². The summed E-state index contributed by atoms with van der Waals surface area (Å²) < 4.78 is 0. The zero-order valence-electron chi connectivity index (χ0n) is 6.84. The third kappa shape index (κ3) is 1.28. The Bertz CT molecular complexity index is 181. The van der Waals surface area contributed by atoms with Crippen molar-refractivity contribution in [3.8, 4) is 11.8 Å². The summed E-state index contributed by atoms with van der Waals surface area (Å²) in [7, 11) is 0. The predicted octanol–water partition coefficient (Wildman–Crippen LogP) is 1.38. The highest BCUT2D eigenvalue weighted by Gasteiger charge is 2.47. The van der Waals surface area contributed by atoms with Crippen LogP contribution in [0.2, 0.25) is 0 Å². The van der Waals surface area contributed by atoms with Crippen LogP contribution in [0.15, 0.2) is 0 Å². The number of hydrogen-bond donors (Lipinski definition) is 1. The van der Waals surface area contributed by atoms with Crippen molar-refractivity contribution in [2.45, 2.75) is 25.7 Å². The lowest BCUT2D eigenvalue weighted by Crippen LogP contribution is -2.03. The summed E-state index contributed by atoms with van der Waals surface area (Å²) in [5, 5.41) is 0. The number of fused-ring (bicyclic) bond motifs is 1. The Labute approximate surface area is 68.4 Å². The maximum atomic E-state index is 5.65. The average molecular weight is 149 g/mol. The molecule has 0 saturated heterocycles. The maximum Gasteiger partial charge on any atom is 0.00915 e. The van der Waals surface area contributed by atoms with Crippen LogP contribution in [0.4, 0.5) is 0 Å². The molecule has 0 heterocycles. The Kier molecular flexibility index (Phi) is 1.87. The first-order valence-corrected chi connectivity index (χ1v) is 4.59. The fraction of sp³-hybridized carbons (Fsp3) is 0.800. The Morgan fingerprint density at radius 3 is 2.09 bits per heavy atom. The zero-order valence-corrected chi connectivity index (χ0v) is 6.84. The molecule has 0 unspecified atom stereocenters. The first kappa shape index (κ1) is 7.18. The van der Waals surface area contributed by atoms with Crippen LogP contribution in [-0.4, -0.2) is 6.54 Å². The van der Waals surface area contributed by atoms with Gasteiger partial charge < -0.3 is 5.73 Å². The van der Waals surface area contributed by atoms with E-state index in [0.717, 1.165) is 37.1 Å². The minimum atomic E-state index is 0.844. The second-order valence-corrected chi connectivity index (χ2v) is 3.66. The van der Waals surface area contributed by atoms with E-state index in [0.29, 0.717) is 0 Å². The molecule has 1 fully saturated rings. The fourth-order valence-electron chi connectivity index (χ4n) is 2.38. The Balaban J connectivity index is 1.93. The van der Waals surface area contributed by atoms with Crippen molar-refractivity contribution < 1.29 is 0 Å². The van der Waals surface area contributed by atoms with Crippen molar-refractivity contribution in [3.05, 3.63) is 0 Å². The van der Waals surface area contributed by atoms with Gasteiger partial charge in [0.1, 0.15) is 0 Å². The van der Waals surface area contributed by atoms with Crippen LogP contribution in [0.5, 0.6) is 0 Å². The van der Waals surface area contributed by atoms with Gasteiger partial charge in [-0.2, -0.15) is 0 Å². The summed E-state index contributed by atoms with van der Waals surface area (Å²) in [6.07, 6.45) is 4.83. The van der Waals surface area contributed by atoms with E-state index in [4.69, 9.17) is 5.73 Å². The molecule has 60 valence electrons. The van der Waals surface area contributed by atoms with Crippen LogP contribution in [0, 0.1) is 29.6 Å². The lowest BCUT2D eigenvalue weighted by atomic mass is 10.1. The lowest BCUT2D eigenvalue weighted by molar-refractivity contribution is 0.618. The highest BCUT2D eigenvalue weighted by Crippen LogP contribution is 2.51. The van der Waals surface area contributed by atoms with E-state index in [1.165, 1.54) is 12.8 Å². The molecule has 0 aliphatic heterocycles. The molecule has 1 saturated carbocycles. The van der Waals surface area contributed by atoms with Crippen molar-refractivity contribution in [1.29, 1.82) is 0 Å². The minimum Gasteiger partial charge on any atom is -0.330 e. The molecule has 0 aromatic carbocycles.